The molecular weight excluding hydrogens is 399 g/mol. The molecule has 0 aliphatic carbocycles. The summed E-state index contributed by atoms with van der Waals surface area (Å²) < 4.78 is 1.01. The van der Waals surface area contributed by atoms with E-state index in [1.165, 1.54) is 11.3 Å². The normalized spacial score (nSPS) is 11.7. The molecule has 0 aliphatic rings. The number of hydrogen-bond donors (Lipinski definition) is 2. The van der Waals surface area contributed by atoms with E-state index in [1.54, 1.807) is 6.07 Å². The lowest BCUT2D eigenvalue weighted by atomic mass is 10.2. The van der Waals surface area contributed by atoms with Gasteiger partial charge in [0.2, 0.25) is 0 Å². The minimum absolute atomic E-state index is 0.429. The van der Waals surface area contributed by atoms with Crippen LogP contribution in [0.15, 0.2) is 71.7 Å². The second-order valence-corrected chi connectivity index (χ2v) is 7.72. The molecule has 0 atom stereocenters. The molecule has 0 amide bonds. The Labute approximate surface area is 170 Å². The van der Waals surface area contributed by atoms with Crippen LogP contribution in [-0.2, 0) is 0 Å². The second-order valence-electron chi connectivity index (χ2n) is 5.82. The molecule has 1 aromatic heterocycles. The van der Waals surface area contributed by atoms with Gasteiger partial charge in [-0.2, -0.15) is 0 Å². The van der Waals surface area contributed by atoms with Crippen LogP contribution in [0.4, 0.5) is 16.5 Å². The lowest BCUT2D eigenvalue weighted by molar-refractivity contribution is 1.42. The van der Waals surface area contributed by atoms with Crippen LogP contribution in [0.2, 0.25) is 10.0 Å². The van der Waals surface area contributed by atoms with Gasteiger partial charge < -0.3 is 11.1 Å². The number of benzene rings is 3. The molecule has 0 radical (unpaired) electrons. The third-order valence-corrected chi connectivity index (χ3v) is 5.19. The van der Waals surface area contributed by atoms with Crippen LogP contribution in [0.3, 0.4) is 0 Å². The van der Waals surface area contributed by atoms with Crippen molar-refractivity contribution in [3.8, 4) is 0 Å². The highest BCUT2D eigenvalue weighted by atomic mass is 35.5. The predicted octanol–water partition coefficient (Wildman–Crippen LogP) is 6.38. The topological polar surface area (TPSA) is 63.3 Å². The van der Waals surface area contributed by atoms with Crippen LogP contribution in [0.1, 0.15) is 5.56 Å². The molecule has 0 fully saturated rings. The number of thiazole rings is 1. The van der Waals surface area contributed by atoms with Crippen molar-refractivity contribution in [1.29, 1.82) is 0 Å². The molecule has 0 spiro atoms. The van der Waals surface area contributed by atoms with Gasteiger partial charge in [0.05, 0.1) is 15.9 Å². The van der Waals surface area contributed by atoms with Gasteiger partial charge in [-0.3, -0.25) is 0 Å². The summed E-state index contributed by atoms with van der Waals surface area (Å²) in [6.45, 7) is 0. The molecule has 3 aromatic carbocycles. The predicted molar refractivity (Wildman–Crippen MR) is 116 cm³/mol. The van der Waals surface area contributed by atoms with Crippen LogP contribution in [0.25, 0.3) is 10.2 Å². The molecule has 0 unspecified atom stereocenters. The van der Waals surface area contributed by atoms with E-state index in [1.807, 2.05) is 60.7 Å². The summed E-state index contributed by atoms with van der Waals surface area (Å²) >= 11 is 13.8. The molecule has 27 heavy (non-hydrogen) atoms. The second kappa shape index (κ2) is 7.56. The van der Waals surface area contributed by atoms with Crippen LogP contribution >= 0.6 is 34.5 Å². The molecule has 4 aromatic rings. The number of amidine groups is 1. The monoisotopic (exact) mass is 412 g/mol. The highest BCUT2D eigenvalue weighted by Gasteiger charge is 2.07. The minimum atomic E-state index is 0.429. The number of aromatic nitrogens is 1. The Hall–Kier alpha value is -2.60. The molecule has 0 saturated heterocycles. The van der Waals surface area contributed by atoms with Crippen molar-refractivity contribution in [2.75, 3.05) is 5.32 Å². The van der Waals surface area contributed by atoms with Crippen molar-refractivity contribution in [1.82, 2.24) is 4.98 Å². The number of nitrogens with zero attached hydrogens (tertiary/aromatic N) is 2. The van der Waals surface area contributed by atoms with E-state index in [2.05, 4.69) is 15.3 Å². The average molecular weight is 413 g/mol. The van der Waals surface area contributed by atoms with Crippen molar-refractivity contribution >= 4 is 67.1 Å². The van der Waals surface area contributed by atoms with Crippen LogP contribution < -0.4 is 11.1 Å². The summed E-state index contributed by atoms with van der Waals surface area (Å²) in [4.78, 5) is 9.04. The first kappa shape index (κ1) is 17.8. The molecule has 7 heteroatoms. The smallest absolute Gasteiger partial charge is 0.188 e. The van der Waals surface area contributed by atoms with Gasteiger partial charge in [-0.15, -0.1) is 0 Å². The third-order valence-electron chi connectivity index (χ3n) is 3.80. The maximum absolute atomic E-state index is 6.26. The summed E-state index contributed by atoms with van der Waals surface area (Å²) in [7, 11) is 0. The van der Waals surface area contributed by atoms with Crippen molar-refractivity contribution in [3.63, 3.8) is 0 Å². The SMILES string of the molecule is NC(=Nc1cc(Cl)cc(Nc2nc3ccc(Cl)cc3s2)c1)c1ccccc1. The molecule has 4 rings (SSSR count). The molecule has 134 valence electrons. The Morgan fingerprint density at radius 1 is 0.963 bits per heavy atom. The first-order valence-corrected chi connectivity index (χ1v) is 9.67. The Morgan fingerprint density at radius 3 is 2.59 bits per heavy atom. The fourth-order valence-electron chi connectivity index (χ4n) is 2.60. The Bertz CT molecular complexity index is 1140. The fourth-order valence-corrected chi connectivity index (χ4v) is 3.99. The molecule has 4 nitrogen and oxygen atoms in total. The van der Waals surface area contributed by atoms with Gasteiger partial charge in [-0.05, 0) is 36.4 Å². The number of anilines is 2. The van der Waals surface area contributed by atoms with Crippen molar-refractivity contribution < 1.29 is 0 Å². The molecule has 0 saturated carbocycles. The number of hydrogen-bond acceptors (Lipinski definition) is 4. The summed E-state index contributed by atoms with van der Waals surface area (Å²) in [5, 5.41) is 5.27. The average Bonchev–Trinajstić information content (AvgIpc) is 3.03. The van der Waals surface area contributed by atoms with Gasteiger partial charge in [0.25, 0.3) is 0 Å². The maximum Gasteiger partial charge on any atom is 0.188 e. The van der Waals surface area contributed by atoms with Gasteiger partial charge in [0, 0.05) is 21.3 Å². The zero-order valence-electron chi connectivity index (χ0n) is 14.0. The lowest BCUT2D eigenvalue weighted by Gasteiger charge is -2.06. The van der Waals surface area contributed by atoms with Gasteiger partial charge in [-0.1, -0.05) is 64.9 Å². The minimum Gasteiger partial charge on any atom is -0.383 e. The van der Waals surface area contributed by atoms with E-state index in [-0.39, 0.29) is 0 Å². The van der Waals surface area contributed by atoms with Gasteiger partial charge in [-0.25, -0.2) is 9.98 Å². The molecular formula is C20H14Cl2N4S. The lowest BCUT2D eigenvalue weighted by Crippen LogP contribution is -2.12. The van der Waals surface area contributed by atoms with E-state index in [0.29, 0.717) is 21.6 Å². The maximum atomic E-state index is 6.26. The fraction of sp³-hybridized carbons (Fsp3) is 0. The summed E-state index contributed by atoms with van der Waals surface area (Å²) in [6, 6.07) is 20.7. The van der Waals surface area contributed by atoms with E-state index in [9.17, 15) is 0 Å². The number of nitrogens with one attached hydrogen (secondary N) is 1. The van der Waals surface area contributed by atoms with E-state index >= 15 is 0 Å². The van der Waals surface area contributed by atoms with Gasteiger partial charge in [0.1, 0.15) is 5.84 Å². The van der Waals surface area contributed by atoms with E-state index in [4.69, 9.17) is 28.9 Å². The van der Waals surface area contributed by atoms with E-state index in [0.717, 1.165) is 26.6 Å². The Morgan fingerprint density at radius 2 is 1.78 bits per heavy atom. The number of nitrogens with two attached hydrogens (primary N) is 1. The van der Waals surface area contributed by atoms with Crippen molar-refractivity contribution in [2.45, 2.75) is 0 Å². The summed E-state index contributed by atoms with van der Waals surface area (Å²) in [5.74, 6) is 0.429. The van der Waals surface area contributed by atoms with Gasteiger partial charge >= 0.3 is 0 Å². The first-order valence-electron chi connectivity index (χ1n) is 8.10. The van der Waals surface area contributed by atoms with Crippen molar-refractivity contribution in [3.05, 3.63) is 82.3 Å². The van der Waals surface area contributed by atoms with Crippen LogP contribution in [-0.4, -0.2) is 10.8 Å². The number of rotatable bonds is 4. The summed E-state index contributed by atoms with van der Waals surface area (Å²) in [6.07, 6.45) is 0. The molecule has 0 bridgehead atoms. The zero-order chi connectivity index (χ0) is 18.8. The van der Waals surface area contributed by atoms with Gasteiger partial charge in [0.15, 0.2) is 5.13 Å². The van der Waals surface area contributed by atoms with Crippen LogP contribution in [0.5, 0.6) is 0 Å². The van der Waals surface area contributed by atoms with Crippen LogP contribution in [0, 0.1) is 0 Å². The number of halogens is 2. The molecule has 0 aliphatic heterocycles. The number of fused-ring (bicyclic) bond motifs is 1. The van der Waals surface area contributed by atoms with E-state index < -0.39 is 0 Å². The summed E-state index contributed by atoms with van der Waals surface area (Å²) in [5.41, 5.74) is 9.30. The number of aliphatic imine (C=N–C) groups is 1. The standard InChI is InChI=1S/C20H14Cl2N4S/c21-13-6-7-17-18(10-13)27-20(26-17)25-16-9-14(22)8-15(11-16)24-19(23)12-4-2-1-3-5-12/h1-11H,(H2,23,24)(H,25,26). The highest BCUT2D eigenvalue weighted by molar-refractivity contribution is 7.22. The quantitative estimate of drug-likeness (QED) is 0.301. The molecule has 1 heterocycles. The Kier molecular flexibility index (Phi) is 4.99. The molecule has 3 N–H and O–H groups in total. The first-order chi connectivity index (χ1) is 13.1. The largest absolute Gasteiger partial charge is 0.383 e. The van der Waals surface area contributed by atoms with Crippen molar-refractivity contribution in [2.24, 2.45) is 10.7 Å². The third kappa shape index (κ3) is 4.22. The Balaban J connectivity index is 1.63. The highest BCUT2D eigenvalue weighted by Crippen LogP contribution is 2.32. The zero-order valence-corrected chi connectivity index (χ0v) is 16.3.